The van der Waals surface area contributed by atoms with E-state index in [1.54, 1.807) is 12.3 Å². The van der Waals surface area contributed by atoms with Gasteiger partial charge in [-0.1, -0.05) is 6.07 Å². The van der Waals surface area contributed by atoms with E-state index < -0.39 is 21.7 Å². The van der Waals surface area contributed by atoms with Gasteiger partial charge in [0, 0.05) is 37.9 Å². The van der Waals surface area contributed by atoms with Gasteiger partial charge in [0.15, 0.2) is 0 Å². The van der Waals surface area contributed by atoms with Crippen molar-refractivity contribution in [1.82, 2.24) is 14.6 Å². The van der Waals surface area contributed by atoms with Gasteiger partial charge in [0.2, 0.25) is 10.0 Å². The SMILES string of the molecule is O=C(NCCc1ccccn1)c1cc(S(=O)(=O)N2CCOCC2)ccc1F. The van der Waals surface area contributed by atoms with Crippen LogP contribution in [0, 0.1) is 5.82 Å². The Kier molecular flexibility index (Phi) is 6.15. The highest BCUT2D eigenvalue weighted by Gasteiger charge is 2.27. The van der Waals surface area contributed by atoms with Crippen molar-refractivity contribution in [2.45, 2.75) is 11.3 Å². The molecular formula is C18H20FN3O4S. The summed E-state index contributed by atoms with van der Waals surface area (Å²) < 4.78 is 45.9. The summed E-state index contributed by atoms with van der Waals surface area (Å²) in [7, 11) is -3.80. The first kappa shape index (κ1) is 19.4. The summed E-state index contributed by atoms with van der Waals surface area (Å²) in [6.07, 6.45) is 2.14. The Bertz CT molecular complexity index is 900. The zero-order chi connectivity index (χ0) is 19.3. The van der Waals surface area contributed by atoms with Crippen molar-refractivity contribution < 1.29 is 22.3 Å². The van der Waals surface area contributed by atoms with Gasteiger partial charge in [0.05, 0.1) is 23.7 Å². The van der Waals surface area contributed by atoms with Gasteiger partial charge in [-0.25, -0.2) is 12.8 Å². The number of amides is 1. The van der Waals surface area contributed by atoms with E-state index in [0.717, 1.165) is 17.8 Å². The van der Waals surface area contributed by atoms with Crippen LogP contribution in [0.4, 0.5) is 4.39 Å². The molecular weight excluding hydrogens is 373 g/mol. The summed E-state index contributed by atoms with van der Waals surface area (Å²) in [5.74, 6) is -1.44. The predicted molar refractivity (Wildman–Crippen MR) is 96.3 cm³/mol. The molecule has 0 saturated carbocycles. The second-order valence-electron chi connectivity index (χ2n) is 5.99. The fourth-order valence-electron chi connectivity index (χ4n) is 2.72. The van der Waals surface area contributed by atoms with Crippen LogP contribution in [0.3, 0.4) is 0 Å². The minimum Gasteiger partial charge on any atom is -0.379 e. The molecule has 2 aromatic rings. The predicted octanol–water partition coefficient (Wildman–Crippen LogP) is 1.21. The van der Waals surface area contributed by atoms with Crippen molar-refractivity contribution in [3.63, 3.8) is 0 Å². The largest absolute Gasteiger partial charge is 0.379 e. The van der Waals surface area contributed by atoms with E-state index in [1.807, 2.05) is 12.1 Å². The zero-order valence-electron chi connectivity index (χ0n) is 14.6. The number of rotatable bonds is 6. The lowest BCUT2D eigenvalue weighted by atomic mass is 10.2. The molecule has 1 aromatic carbocycles. The standard InChI is InChI=1S/C18H20FN3O4S/c19-17-5-4-15(27(24,25)22-9-11-26-12-10-22)13-16(17)18(23)21-8-6-14-3-1-2-7-20-14/h1-5,7,13H,6,8-12H2,(H,21,23). The molecule has 9 heteroatoms. The molecule has 3 rings (SSSR count). The number of sulfonamides is 1. The Morgan fingerprint density at radius 2 is 2.00 bits per heavy atom. The Balaban J connectivity index is 1.71. The van der Waals surface area contributed by atoms with E-state index in [9.17, 15) is 17.6 Å². The van der Waals surface area contributed by atoms with Gasteiger partial charge < -0.3 is 10.1 Å². The third-order valence-corrected chi connectivity index (χ3v) is 6.08. The summed E-state index contributed by atoms with van der Waals surface area (Å²) in [5, 5.41) is 2.60. The van der Waals surface area contributed by atoms with Crippen LogP contribution in [0.5, 0.6) is 0 Å². The van der Waals surface area contributed by atoms with Gasteiger partial charge in [-0.05, 0) is 30.3 Å². The maximum absolute atomic E-state index is 14.1. The minimum absolute atomic E-state index is 0.110. The molecule has 1 fully saturated rings. The van der Waals surface area contributed by atoms with Gasteiger partial charge in [-0.2, -0.15) is 4.31 Å². The molecule has 1 amide bonds. The second-order valence-corrected chi connectivity index (χ2v) is 7.92. The number of ether oxygens (including phenoxy) is 1. The Labute approximate surface area is 157 Å². The van der Waals surface area contributed by atoms with E-state index in [0.29, 0.717) is 19.6 Å². The van der Waals surface area contributed by atoms with Crippen LogP contribution in [0.2, 0.25) is 0 Å². The molecule has 1 aliphatic rings. The molecule has 1 aromatic heterocycles. The molecule has 0 atom stereocenters. The van der Waals surface area contributed by atoms with Crippen molar-refractivity contribution in [3.8, 4) is 0 Å². The van der Waals surface area contributed by atoms with E-state index in [4.69, 9.17) is 4.74 Å². The summed E-state index contributed by atoms with van der Waals surface area (Å²) in [6.45, 7) is 1.33. The number of halogens is 1. The van der Waals surface area contributed by atoms with Crippen LogP contribution in [0.1, 0.15) is 16.1 Å². The summed E-state index contributed by atoms with van der Waals surface area (Å²) in [4.78, 5) is 16.3. The molecule has 1 aliphatic heterocycles. The first-order valence-corrected chi connectivity index (χ1v) is 9.98. The second kappa shape index (κ2) is 8.55. The molecule has 1 saturated heterocycles. The molecule has 1 N–H and O–H groups in total. The van der Waals surface area contributed by atoms with Crippen LogP contribution in [-0.4, -0.2) is 56.5 Å². The lowest BCUT2D eigenvalue weighted by molar-refractivity contribution is 0.0730. The third kappa shape index (κ3) is 4.68. The van der Waals surface area contributed by atoms with Crippen LogP contribution in [0.25, 0.3) is 0 Å². The van der Waals surface area contributed by atoms with Gasteiger partial charge in [0.25, 0.3) is 5.91 Å². The summed E-state index contributed by atoms with van der Waals surface area (Å²) in [5.41, 5.74) is 0.493. The van der Waals surface area contributed by atoms with E-state index in [2.05, 4.69) is 10.3 Å². The molecule has 0 spiro atoms. The number of hydrogen-bond donors (Lipinski definition) is 1. The Morgan fingerprint density at radius 1 is 1.22 bits per heavy atom. The number of nitrogens with one attached hydrogen (secondary N) is 1. The van der Waals surface area contributed by atoms with Crippen molar-refractivity contribution in [3.05, 3.63) is 59.7 Å². The van der Waals surface area contributed by atoms with Gasteiger partial charge >= 0.3 is 0 Å². The Hall–Kier alpha value is -2.36. The molecule has 7 nitrogen and oxygen atoms in total. The number of aromatic nitrogens is 1. The van der Waals surface area contributed by atoms with Crippen LogP contribution in [0.15, 0.2) is 47.5 Å². The van der Waals surface area contributed by atoms with Crippen molar-refractivity contribution in [2.75, 3.05) is 32.8 Å². The highest BCUT2D eigenvalue weighted by atomic mass is 32.2. The number of carbonyl (C=O) groups excluding carboxylic acids is 1. The van der Waals surface area contributed by atoms with E-state index in [1.165, 1.54) is 10.4 Å². The van der Waals surface area contributed by atoms with Crippen LogP contribution >= 0.6 is 0 Å². The van der Waals surface area contributed by atoms with E-state index in [-0.39, 0.29) is 30.1 Å². The molecule has 144 valence electrons. The lowest BCUT2D eigenvalue weighted by Gasteiger charge is -2.26. The minimum atomic E-state index is -3.80. The monoisotopic (exact) mass is 393 g/mol. The number of benzene rings is 1. The normalized spacial score (nSPS) is 15.4. The highest BCUT2D eigenvalue weighted by Crippen LogP contribution is 2.20. The quantitative estimate of drug-likeness (QED) is 0.797. The molecule has 0 bridgehead atoms. The maximum atomic E-state index is 14.1. The lowest BCUT2D eigenvalue weighted by Crippen LogP contribution is -2.40. The third-order valence-electron chi connectivity index (χ3n) is 4.18. The smallest absolute Gasteiger partial charge is 0.254 e. The average Bonchev–Trinajstić information content (AvgIpc) is 2.69. The van der Waals surface area contributed by atoms with Gasteiger partial charge in [-0.15, -0.1) is 0 Å². The fraction of sp³-hybridized carbons (Fsp3) is 0.333. The number of morpholine rings is 1. The highest BCUT2D eigenvalue weighted by molar-refractivity contribution is 7.89. The van der Waals surface area contributed by atoms with Gasteiger partial charge in [0.1, 0.15) is 5.82 Å². The number of carbonyl (C=O) groups is 1. The van der Waals surface area contributed by atoms with Crippen molar-refractivity contribution >= 4 is 15.9 Å². The maximum Gasteiger partial charge on any atom is 0.254 e. The molecule has 0 unspecified atom stereocenters. The molecule has 0 radical (unpaired) electrons. The summed E-state index contributed by atoms with van der Waals surface area (Å²) >= 11 is 0. The van der Waals surface area contributed by atoms with Crippen molar-refractivity contribution in [1.29, 1.82) is 0 Å². The number of nitrogens with zero attached hydrogens (tertiary/aromatic N) is 2. The van der Waals surface area contributed by atoms with Crippen LogP contribution < -0.4 is 5.32 Å². The van der Waals surface area contributed by atoms with Crippen LogP contribution in [-0.2, 0) is 21.2 Å². The molecule has 0 aliphatic carbocycles. The molecule has 2 heterocycles. The first-order valence-electron chi connectivity index (χ1n) is 8.54. The molecule has 27 heavy (non-hydrogen) atoms. The zero-order valence-corrected chi connectivity index (χ0v) is 15.4. The average molecular weight is 393 g/mol. The number of hydrogen-bond acceptors (Lipinski definition) is 5. The number of pyridine rings is 1. The topological polar surface area (TPSA) is 88.6 Å². The fourth-order valence-corrected chi connectivity index (χ4v) is 4.15. The summed E-state index contributed by atoms with van der Waals surface area (Å²) in [6, 6.07) is 8.70. The van der Waals surface area contributed by atoms with Crippen molar-refractivity contribution in [2.24, 2.45) is 0 Å². The first-order chi connectivity index (χ1) is 13.0. The Morgan fingerprint density at radius 3 is 2.70 bits per heavy atom. The van der Waals surface area contributed by atoms with Gasteiger partial charge in [-0.3, -0.25) is 9.78 Å². The van der Waals surface area contributed by atoms with E-state index >= 15 is 0 Å².